The Balaban J connectivity index is 0. The van der Waals surface area contributed by atoms with Crippen molar-refractivity contribution in [1.29, 1.82) is 0 Å². The minimum absolute atomic E-state index is 0. The van der Waals surface area contributed by atoms with Crippen molar-refractivity contribution in [1.82, 2.24) is 15.3 Å². The molecule has 1 unspecified atom stereocenters. The summed E-state index contributed by atoms with van der Waals surface area (Å²) in [5.41, 5.74) is 0.678. The number of aromatic nitrogens is 2. The fraction of sp³-hybridized carbons (Fsp3) is 0.643. The number of imidazole rings is 1. The van der Waals surface area contributed by atoms with Gasteiger partial charge in [-0.1, -0.05) is 6.42 Å². The first-order valence-corrected chi connectivity index (χ1v) is 8.46. The Kier molecular flexibility index (Phi) is 17.5. The van der Waals surface area contributed by atoms with Gasteiger partial charge in [-0.05, 0) is 25.0 Å². The van der Waals surface area contributed by atoms with Gasteiger partial charge in [-0.3, -0.25) is 4.79 Å². The predicted octanol–water partition coefficient (Wildman–Crippen LogP) is 1.32. The maximum atomic E-state index is 11.8. The number of nitrogens with zero attached hydrogens (tertiary/aromatic N) is 1. The van der Waals surface area contributed by atoms with Crippen molar-refractivity contribution in [3.8, 4) is 0 Å². The molecule has 24 heavy (non-hydrogen) atoms. The Morgan fingerprint density at radius 1 is 1.33 bits per heavy atom. The first-order chi connectivity index (χ1) is 10.5. The Labute approximate surface area is 188 Å². The van der Waals surface area contributed by atoms with E-state index in [1.165, 1.54) is 6.33 Å². The number of carbonyl (C=O) groups is 2. The van der Waals surface area contributed by atoms with Crippen molar-refractivity contribution in [2.75, 3.05) is 5.75 Å². The van der Waals surface area contributed by atoms with Crippen molar-refractivity contribution in [2.45, 2.75) is 49.8 Å². The van der Waals surface area contributed by atoms with Crippen LogP contribution in [0.25, 0.3) is 0 Å². The van der Waals surface area contributed by atoms with Gasteiger partial charge in [0.15, 0.2) is 0 Å². The summed E-state index contributed by atoms with van der Waals surface area (Å²) in [6.07, 6.45) is 7.07. The second-order valence-electron chi connectivity index (χ2n) is 5.15. The number of aromatic amines is 1. The number of nitrogens with one attached hydrogen (secondary N) is 2. The van der Waals surface area contributed by atoms with Gasteiger partial charge in [0.1, 0.15) is 6.04 Å². The Morgan fingerprint density at radius 2 is 2.04 bits per heavy atom. The van der Waals surface area contributed by atoms with E-state index in [1.807, 2.05) is 0 Å². The molecule has 0 saturated heterocycles. The van der Waals surface area contributed by atoms with E-state index in [0.29, 0.717) is 17.4 Å². The molecular formula is C14H23N3NaO3S2Zn. The van der Waals surface area contributed by atoms with Gasteiger partial charge in [-0.15, -0.1) is 0 Å². The van der Waals surface area contributed by atoms with Crippen LogP contribution >= 0.6 is 25.3 Å². The molecule has 0 bridgehead atoms. The molecule has 0 aliphatic carbocycles. The molecule has 0 aliphatic heterocycles. The van der Waals surface area contributed by atoms with Crippen LogP contribution in [-0.4, -0.2) is 73.6 Å². The molecule has 3 N–H and O–H groups in total. The van der Waals surface area contributed by atoms with E-state index in [0.717, 1.165) is 31.4 Å². The number of hydrogen-bond acceptors (Lipinski definition) is 5. The van der Waals surface area contributed by atoms with Crippen LogP contribution in [0.5, 0.6) is 0 Å². The summed E-state index contributed by atoms with van der Waals surface area (Å²) in [5, 5.41) is 12.0. The number of carboxylic acids is 1. The zero-order valence-electron chi connectivity index (χ0n) is 14.1. The van der Waals surface area contributed by atoms with E-state index in [4.69, 9.17) is 5.11 Å². The molecule has 0 spiro atoms. The molecule has 0 fully saturated rings. The van der Waals surface area contributed by atoms with Gasteiger partial charge in [0.25, 0.3) is 0 Å². The van der Waals surface area contributed by atoms with E-state index in [2.05, 4.69) is 40.5 Å². The smallest absolute Gasteiger partial charge is 0.326 e. The second kappa shape index (κ2) is 15.7. The van der Waals surface area contributed by atoms with Crippen LogP contribution in [-0.2, 0) is 35.5 Å². The van der Waals surface area contributed by atoms with Gasteiger partial charge >= 0.3 is 5.97 Å². The van der Waals surface area contributed by atoms with E-state index >= 15 is 0 Å². The molecule has 6 nitrogen and oxygen atoms in total. The van der Waals surface area contributed by atoms with Crippen molar-refractivity contribution < 1.29 is 34.2 Å². The minimum atomic E-state index is -1.05. The third kappa shape index (κ3) is 11.9. The molecule has 1 rings (SSSR count). The third-order valence-corrected chi connectivity index (χ3v) is 4.04. The first kappa shape index (κ1) is 26.7. The van der Waals surface area contributed by atoms with E-state index in [9.17, 15) is 9.59 Å². The average Bonchev–Trinajstić information content (AvgIpc) is 2.96. The topological polar surface area (TPSA) is 95.1 Å². The normalized spacial score (nSPS) is 12.4. The standard InChI is InChI=1S/C14H23N3O3S2.Na.Zn/c18-13(4-2-1-3-11(22)5-6-21)17-12(14(19)20)7-10-8-15-9-16-10;;/h8-9,11-12,21-22H,1-7H2,(H,15,16)(H,17,18)(H,19,20);;/t11?,12-;;/m0../s1. The van der Waals surface area contributed by atoms with Crippen LogP contribution in [0.15, 0.2) is 12.5 Å². The van der Waals surface area contributed by atoms with E-state index in [1.54, 1.807) is 6.20 Å². The fourth-order valence-corrected chi connectivity index (χ4v) is 2.87. The van der Waals surface area contributed by atoms with Gasteiger partial charge in [-0.2, -0.15) is 25.3 Å². The zero-order valence-corrected chi connectivity index (χ0v) is 20.8. The largest absolute Gasteiger partial charge is 0.480 e. The molecule has 1 amide bonds. The summed E-state index contributed by atoms with van der Waals surface area (Å²) >= 11 is 8.58. The molecule has 127 valence electrons. The van der Waals surface area contributed by atoms with Crippen molar-refractivity contribution >= 4 is 66.7 Å². The fourth-order valence-electron chi connectivity index (χ4n) is 2.04. The van der Waals surface area contributed by atoms with Gasteiger partial charge in [-0.25, -0.2) is 9.78 Å². The van der Waals surface area contributed by atoms with Crippen LogP contribution in [0.2, 0.25) is 0 Å². The molecule has 0 aliphatic rings. The summed E-state index contributed by atoms with van der Waals surface area (Å²) in [7, 11) is 0. The van der Waals surface area contributed by atoms with Gasteiger partial charge in [0, 0.05) is 79.0 Å². The number of carbonyl (C=O) groups excluding carboxylic acids is 1. The number of carboxylic acid groups (broad SMARTS) is 1. The number of amides is 1. The van der Waals surface area contributed by atoms with Crippen LogP contribution < -0.4 is 5.32 Å². The van der Waals surface area contributed by atoms with Crippen LogP contribution in [0.3, 0.4) is 0 Å². The number of rotatable bonds is 11. The summed E-state index contributed by atoms with van der Waals surface area (Å²) < 4.78 is 0. The maximum absolute atomic E-state index is 11.8. The molecule has 1 radical (unpaired) electrons. The summed E-state index contributed by atoms with van der Waals surface area (Å²) in [6, 6.07) is -0.935. The molecule has 1 aromatic heterocycles. The average molecular weight is 434 g/mol. The van der Waals surface area contributed by atoms with Gasteiger partial charge < -0.3 is 15.4 Å². The van der Waals surface area contributed by atoms with Crippen LogP contribution in [0.4, 0.5) is 0 Å². The quantitative estimate of drug-likeness (QED) is 0.207. The zero-order chi connectivity index (χ0) is 16.4. The van der Waals surface area contributed by atoms with Crippen molar-refractivity contribution in [3.63, 3.8) is 0 Å². The Hall–Kier alpha value is 0.473. The molecule has 1 aromatic rings. The molecule has 0 aromatic carbocycles. The van der Waals surface area contributed by atoms with Crippen LogP contribution in [0.1, 0.15) is 37.8 Å². The number of hydrogen-bond donors (Lipinski definition) is 5. The van der Waals surface area contributed by atoms with E-state index < -0.39 is 12.0 Å². The summed E-state index contributed by atoms with van der Waals surface area (Å²) in [6.45, 7) is 0. The monoisotopic (exact) mass is 432 g/mol. The number of aliphatic carboxylic acids is 1. The third-order valence-electron chi connectivity index (χ3n) is 3.27. The SMILES string of the molecule is O=C(CCCCC(S)CCS)N[C@@H](Cc1cnc[nH]1)C(=O)O.[Na].[Zn]. The predicted molar refractivity (Wildman–Crippen MR) is 97.3 cm³/mol. The Bertz CT molecular complexity index is 466. The minimum Gasteiger partial charge on any atom is -0.480 e. The molecular weight excluding hydrogens is 411 g/mol. The van der Waals surface area contributed by atoms with E-state index in [-0.39, 0.29) is 61.4 Å². The molecule has 2 atom stereocenters. The first-order valence-electron chi connectivity index (χ1n) is 7.31. The number of thiol groups is 2. The molecule has 10 heteroatoms. The maximum Gasteiger partial charge on any atom is 0.326 e. The molecule has 0 saturated carbocycles. The summed E-state index contributed by atoms with van der Waals surface area (Å²) in [5.74, 6) is -0.480. The summed E-state index contributed by atoms with van der Waals surface area (Å²) in [4.78, 5) is 29.7. The van der Waals surface area contributed by atoms with Gasteiger partial charge in [0.2, 0.25) is 5.91 Å². The number of H-pyrrole nitrogens is 1. The number of unbranched alkanes of at least 4 members (excludes halogenated alkanes) is 1. The Morgan fingerprint density at radius 3 is 2.58 bits per heavy atom. The van der Waals surface area contributed by atoms with Gasteiger partial charge in [0.05, 0.1) is 6.33 Å². The molecule has 1 heterocycles. The van der Waals surface area contributed by atoms with Crippen LogP contribution in [0, 0.1) is 0 Å². The van der Waals surface area contributed by atoms with Crippen molar-refractivity contribution in [2.24, 2.45) is 0 Å². The van der Waals surface area contributed by atoms with Crippen molar-refractivity contribution in [3.05, 3.63) is 18.2 Å². The second-order valence-corrected chi connectivity index (χ2v) is 6.33.